The molecule has 3 rings (SSSR count). The van der Waals surface area contributed by atoms with E-state index in [0.717, 1.165) is 45.2 Å². The predicted molar refractivity (Wildman–Crippen MR) is 117 cm³/mol. The van der Waals surface area contributed by atoms with Gasteiger partial charge in [0.05, 0.1) is 22.5 Å². The highest BCUT2D eigenvalue weighted by Gasteiger charge is 2.25. The van der Waals surface area contributed by atoms with Gasteiger partial charge in [-0.3, -0.25) is 9.69 Å². The number of amides is 1. The predicted octanol–water partition coefficient (Wildman–Crippen LogP) is 4.29. The van der Waals surface area contributed by atoms with E-state index in [2.05, 4.69) is 16.8 Å². The number of carbonyl (C=O) groups is 1. The normalized spacial score (nSPS) is 11.4. The highest BCUT2D eigenvalue weighted by molar-refractivity contribution is 7.22. The molecular formula is C20H26N4O2S2. The van der Waals surface area contributed by atoms with Gasteiger partial charge in [-0.1, -0.05) is 17.4 Å². The molecule has 0 aliphatic carbocycles. The lowest BCUT2D eigenvalue weighted by Crippen LogP contribution is -2.33. The lowest BCUT2D eigenvalue weighted by atomic mass is 10.2. The zero-order valence-corrected chi connectivity index (χ0v) is 18.8. The van der Waals surface area contributed by atoms with Crippen LogP contribution in [0.3, 0.4) is 0 Å². The Labute approximate surface area is 173 Å². The average Bonchev–Trinajstić information content (AvgIpc) is 3.22. The van der Waals surface area contributed by atoms with Gasteiger partial charge in [0.15, 0.2) is 5.13 Å². The van der Waals surface area contributed by atoms with Crippen LogP contribution in [0.5, 0.6) is 5.75 Å². The highest BCUT2D eigenvalue weighted by atomic mass is 32.1. The molecule has 0 bridgehead atoms. The summed E-state index contributed by atoms with van der Waals surface area (Å²) in [4.78, 5) is 27.2. The first-order valence-corrected chi connectivity index (χ1v) is 10.8. The van der Waals surface area contributed by atoms with Crippen molar-refractivity contribution in [2.24, 2.45) is 0 Å². The summed E-state index contributed by atoms with van der Waals surface area (Å²) in [6.45, 7) is 7.38. The van der Waals surface area contributed by atoms with E-state index < -0.39 is 0 Å². The van der Waals surface area contributed by atoms with Gasteiger partial charge in [0.2, 0.25) is 0 Å². The first kappa shape index (κ1) is 20.7. The molecule has 0 saturated carbocycles. The van der Waals surface area contributed by atoms with Crippen LogP contribution in [0.4, 0.5) is 5.13 Å². The maximum atomic E-state index is 13.4. The van der Waals surface area contributed by atoms with Gasteiger partial charge in [-0.05, 0) is 59.5 Å². The first-order valence-electron chi connectivity index (χ1n) is 9.16. The van der Waals surface area contributed by atoms with Crippen molar-refractivity contribution >= 4 is 43.9 Å². The van der Waals surface area contributed by atoms with Gasteiger partial charge in [0.25, 0.3) is 5.91 Å². The van der Waals surface area contributed by atoms with Crippen molar-refractivity contribution in [3.63, 3.8) is 0 Å². The molecule has 0 atom stereocenters. The molecule has 8 heteroatoms. The monoisotopic (exact) mass is 418 g/mol. The summed E-state index contributed by atoms with van der Waals surface area (Å²) in [7, 11) is 5.72. The van der Waals surface area contributed by atoms with Crippen molar-refractivity contribution < 1.29 is 9.53 Å². The molecule has 28 heavy (non-hydrogen) atoms. The van der Waals surface area contributed by atoms with Crippen LogP contribution in [-0.4, -0.2) is 55.1 Å². The number of benzene rings is 1. The molecule has 0 fully saturated rings. The highest BCUT2D eigenvalue weighted by Crippen LogP contribution is 2.37. The van der Waals surface area contributed by atoms with Crippen molar-refractivity contribution in [2.45, 2.75) is 27.2 Å². The lowest BCUT2D eigenvalue weighted by Gasteiger charge is -2.20. The number of hydrogen-bond donors (Lipinski definition) is 0. The van der Waals surface area contributed by atoms with Crippen molar-refractivity contribution in [1.29, 1.82) is 0 Å². The molecule has 0 aliphatic rings. The summed E-state index contributed by atoms with van der Waals surface area (Å²) in [6.07, 6.45) is 0.863. The number of aryl methyl sites for hydroxylation is 3. The molecule has 1 amide bonds. The Bertz CT molecular complexity index is 994. The summed E-state index contributed by atoms with van der Waals surface area (Å²) in [6, 6.07) is 3.95. The largest absolute Gasteiger partial charge is 0.494 e. The number of rotatable bonds is 7. The Morgan fingerprint density at radius 1 is 1.11 bits per heavy atom. The molecule has 150 valence electrons. The van der Waals surface area contributed by atoms with Gasteiger partial charge in [-0.15, -0.1) is 11.3 Å². The zero-order chi connectivity index (χ0) is 20.4. The Hall–Kier alpha value is -2.03. The maximum absolute atomic E-state index is 13.4. The molecular weight excluding hydrogens is 392 g/mol. The molecule has 3 aromatic rings. The molecule has 2 aromatic heterocycles. The van der Waals surface area contributed by atoms with Crippen molar-refractivity contribution in [3.8, 4) is 5.75 Å². The van der Waals surface area contributed by atoms with Gasteiger partial charge in [-0.25, -0.2) is 9.97 Å². The molecule has 1 aromatic carbocycles. The van der Waals surface area contributed by atoms with Gasteiger partial charge in [-0.2, -0.15) is 0 Å². The quantitative estimate of drug-likeness (QED) is 0.573. The number of hydrogen-bond acceptors (Lipinski definition) is 7. The molecule has 0 aliphatic heterocycles. The number of methoxy groups -OCH3 is 1. The van der Waals surface area contributed by atoms with Crippen LogP contribution < -0.4 is 9.64 Å². The number of carbonyl (C=O) groups excluding carboxylic acids is 1. The van der Waals surface area contributed by atoms with Crippen molar-refractivity contribution in [1.82, 2.24) is 14.9 Å². The van der Waals surface area contributed by atoms with Crippen LogP contribution in [-0.2, 0) is 0 Å². The Morgan fingerprint density at radius 2 is 1.86 bits per heavy atom. The third-order valence-electron chi connectivity index (χ3n) is 4.47. The van der Waals surface area contributed by atoms with E-state index >= 15 is 0 Å². The molecule has 0 spiro atoms. The number of ether oxygens (including phenoxy) is 1. The van der Waals surface area contributed by atoms with Gasteiger partial charge < -0.3 is 9.64 Å². The number of fused-ring (bicyclic) bond motifs is 1. The van der Waals surface area contributed by atoms with E-state index in [4.69, 9.17) is 9.72 Å². The molecule has 0 N–H and O–H groups in total. The third-order valence-corrected chi connectivity index (χ3v) is 6.75. The molecule has 2 heterocycles. The number of anilines is 1. The lowest BCUT2D eigenvalue weighted by molar-refractivity contribution is 0.0989. The van der Waals surface area contributed by atoms with Crippen LogP contribution in [0.25, 0.3) is 10.2 Å². The van der Waals surface area contributed by atoms with Crippen molar-refractivity contribution in [2.75, 3.05) is 39.2 Å². The summed E-state index contributed by atoms with van der Waals surface area (Å²) in [5.41, 5.74) is 2.72. The average molecular weight is 419 g/mol. The second-order valence-electron chi connectivity index (χ2n) is 7.02. The molecule has 0 unspecified atom stereocenters. The minimum atomic E-state index is -0.0301. The van der Waals surface area contributed by atoms with E-state index in [9.17, 15) is 4.79 Å². The van der Waals surface area contributed by atoms with E-state index in [1.807, 2.05) is 40.1 Å². The Balaban J connectivity index is 2.03. The zero-order valence-electron chi connectivity index (χ0n) is 17.2. The minimum Gasteiger partial charge on any atom is -0.494 e. The van der Waals surface area contributed by atoms with Crippen LogP contribution >= 0.6 is 22.7 Å². The van der Waals surface area contributed by atoms with Crippen LogP contribution in [0.15, 0.2) is 12.1 Å². The van der Waals surface area contributed by atoms with E-state index in [1.165, 1.54) is 11.3 Å². The minimum absolute atomic E-state index is 0.0301. The first-order chi connectivity index (χ1) is 13.3. The second-order valence-corrected chi connectivity index (χ2v) is 9.20. The number of nitrogens with zero attached hydrogens (tertiary/aromatic N) is 4. The number of thiazole rings is 2. The second kappa shape index (κ2) is 8.55. The third kappa shape index (κ3) is 4.19. The van der Waals surface area contributed by atoms with Gasteiger partial charge >= 0.3 is 0 Å². The summed E-state index contributed by atoms with van der Waals surface area (Å²) in [5.74, 6) is 0.700. The van der Waals surface area contributed by atoms with Crippen LogP contribution in [0, 0.1) is 20.8 Å². The molecule has 0 radical (unpaired) electrons. The van der Waals surface area contributed by atoms with E-state index in [0.29, 0.717) is 16.6 Å². The standard InChI is InChI=1S/C20H26N4O2S2/c1-12-8-9-15(26-6)16-17(12)28-20(22-16)24(11-7-10-23(4)5)19(25)18-13(2)21-14(3)27-18/h8-9H,7,10-11H2,1-6H3. The number of aromatic nitrogens is 2. The van der Waals surface area contributed by atoms with Gasteiger partial charge in [0.1, 0.15) is 16.1 Å². The van der Waals surface area contributed by atoms with Crippen LogP contribution in [0.1, 0.15) is 32.4 Å². The fourth-order valence-corrected chi connectivity index (χ4v) is 5.00. The maximum Gasteiger partial charge on any atom is 0.272 e. The summed E-state index contributed by atoms with van der Waals surface area (Å²) in [5, 5.41) is 1.60. The SMILES string of the molecule is COc1ccc(C)c2sc(N(CCCN(C)C)C(=O)c3sc(C)nc3C)nc12. The molecule has 6 nitrogen and oxygen atoms in total. The fraction of sp³-hybridized carbons (Fsp3) is 0.450. The fourth-order valence-electron chi connectivity index (χ4n) is 3.06. The topological polar surface area (TPSA) is 58.6 Å². The Kier molecular flexibility index (Phi) is 6.32. The van der Waals surface area contributed by atoms with Crippen LogP contribution in [0.2, 0.25) is 0 Å². The molecule has 0 saturated heterocycles. The Morgan fingerprint density at radius 3 is 2.46 bits per heavy atom. The van der Waals surface area contributed by atoms with Gasteiger partial charge in [0, 0.05) is 6.54 Å². The summed E-state index contributed by atoms with van der Waals surface area (Å²) >= 11 is 2.98. The summed E-state index contributed by atoms with van der Waals surface area (Å²) < 4.78 is 6.53. The van der Waals surface area contributed by atoms with Crippen molar-refractivity contribution in [3.05, 3.63) is 33.3 Å². The smallest absolute Gasteiger partial charge is 0.272 e. The van der Waals surface area contributed by atoms with E-state index in [1.54, 1.807) is 23.3 Å². The van der Waals surface area contributed by atoms with E-state index in [-0.39, 0.29) is 5.91 Å².